The monoisotopic (exact) mass is 333 g/mol. The Bertz CT molecular complexity index is 540. The van der Waals surface area contributed by atoms with Crippen LogP contribution in [-0.2, 0) is 6.42 Å². The van der Waals surface area contributed by atoms with Gasteiger partial charge in [-0.1, -0.05) is 24.3 Å². The number of carbonyl (C=O) groups excluding carboxylic acids is 1. The number of aliphatic hydroxyl groups excluding tert-OH is 1. The predicted octanol–water partition coefficient (Wildman–Crippen LogP) is 2.46. The molecule has 24 heavy (non-hydrogen) atoms. The summed E-state index contributed by atoms with van der Waals surface area (Å²) in [5, 5.41) is 15.0. The van der Waals surface area contributed by atoms with Crippen LogP contribution in [0.4, 0.5) is 4.79 Å². The summed E-state index contributed by atoms with van der Waals surface area (Å²) in [6, 6.07) is 8.86. The van der Waals surface area contributed by atoms with Gasteiger partial charge in [-0.3, -0.25) is 4.90 Å². The van der Waals surface area contributed by atoms with E-state index in [4.69, 9.17) is 0 Å². The van der Waals surface area contributed by atoms with Gasteiger partial charge in [0.2, 0.25) is 0 Å². The molecule has 0 bridgehead atoms. The Kier molecular flexibility index (Phi) is 6.63. The number of nitrogens with zero attached hydrogens (tertiary/aromatic N) is 1. The van der Waals surface area contributed by atoms with Crippen molar-refractivity contribution in [1.82, 2.24) is 15.5 Å². The Morgan fingerprint density at radius 1 is 1.29 bits per heavy atom. The fraction of sp³-hybridized carbons (Fsp3) is 0.632. The molecule has 0 saturated carbocycles. The van der Waals surface area contributed by atoms with Crippen molar-refractivity contribution in [3.05, 3.63) is 35.4 Å². The molecule has 3 N–H and O–H groups in total. The fourth-order valence-electron chi connectivity index (χ4n) is 3.31. The highest BCUT2D eigenvalue weighted by atomic mass is 16.3. The molecular formula is C19H31N3O2. The molecule has 0 radical (unpaired) electrons. The molecule has 1 atom stereocenters. The summed E-state index contributed by atoms with van der Waals surface area (Å²) in [6.45, 7) is 8.34. The summed E-state index contributed by atoms with van der Waals surface area (Å²) >= 11 is 0. The molecule has 5 nitrogen and oxygen atoms in total. The van der Waals surface area contributed by atoms with Gasteiger partial charge in [-0.25, -0.2) is 4.79 Å². The van der Waals surface area contributed by atoms with Crippen LogP contribution in [0, 0.1) is 0 Å². The highest BCUT2D eigenvalue weighted by Crippen LogP contribution is 2.35. The molecule has 2 amide bonds. The lowest BCUT2D eigenvalue weighted by Gasteiger charge is -2.30. The highest BCUT2D eigenvalue weighted by Gasteiger charge is 2.27. The van der Waals surface area contributed by atoms with Crippen molar-refractivity contribution in [2.75, 3.05) is 26.2 Å². The standard InChI is InChI=1S/C19H31N3O2/c1-19(2,3)21-18(24)20-11-13-22(12-6-14-23)17-10-9-15-7-4-5-8-16(15)17/h4-5,7-8,17,23H,6,9-14H2,1-3H3,(H2,20,21,24). The van der Waals surface area contributed by atoms with Crippen LogP contribution in [0.1, 0.15) is 50.8 Å². The Morgan fingerprint density at radius 2 is 2.04 bits per heavy atom. The quantitative estimate of drug-likeness (QED) is 0.718. The molecule has 0 fully saturated rings. The first-order valence-electron chi connectivity index (χ1n) is 8.89. The zero-order valence-electron chi connectivity index (χ0n) is 15.1. The van der Waals surface area contributed by atoms with Crippen molar-refractivity contribution in [3.63, 3.8) is 0 Å². The molecule has 0 spiro atoms. The van der Waals surface area contributed by atoms with Crippen LogP contribution < -0.4 is 10.6 Å². The normalized spacial score (nSPS) is 17.0. The first kappa shape index (κ1) is 18.7. The van der Waals surface area contributed by atoms with E-state index in [1.165, 1.54) is 11.1 Å². The van der Waals surface area contributed by atoms with E-state index in [0.29, 0.717) is 12.6 Å². The van der Waals surface area contributed by atoms with E-state index in [2.05, 4.69) is 39.8 Å². The summed E-state index contributed by atoms with van der Waals surface area (Å²) in [7, 11) is 0. The van der Waals surface area contributed by atoms with Gasteiger partial charge in [0, 0.05) is 37.8 Å². The number of amides is 2. The van der Waals surface area contributed by atoms with Crippen LogP contribution in [0.25, 0.3) is 0 Å². The van der Waals surface area contributed by atoms with Gasteiger partial charge in [-0.15, -0.1) is 0 Å². The van der Waals surface area contributed by atoms with E-state index in [0.717, 1.165) is 32.4 Å². The minimum atomic E-state index is -0.231. The second-order valence-corrected chi connectivity index (χ2v) is 7.50. The highest BCUT2D eigenvalue weighted by molar-refractivity contribution is 5.74. The number of rotatable bonds is 7. The van der Waals surface area contributed by atoms with Crippen molar-refractivity contribution in [1.29, 1.82) is 0 Å². The van der Waals surface area contributed by atoms with Gasteiger partial charge in [-0.05, 0) is 51.2 Å². The topological polar surface area (TPSA) is 64.6 Å². The Labute approximate surface area is 145 Å². The average Bonchev–Trinajstić information content (AvgIpc) is 2.93. The van der Waals surface area contributed by atoms with E-state index in [1.807, 2.05) is 20.8 Å². The fourth-order valence-corrected chi connectivity index (χ4v) is 3.31. The summed E-state index contributed by atoms with van der Waals surface area (Å²) in [5.74, 6) is 0. The zero-order chi connectivity index (χ0) is 17.6. The molecule has 1 aliphatic carbocycles. The Morgan fingerprint density at radius 3 is 2.75 bits per heavy atom. The van der Waals surface area contributed by atoms with Gasteiger partial charge in [0.25, 0.3) is 0 Å². The van der Waals surface area contributed by atoms with E-state index >= 15 is 0 Å². The third kappa shape index (κ3) is 5.49. The minimum absolute atomic E-state index is 0.128. The maximum absolute atomic E-state index is 11.9. The number of aryl methyl sites for hydroxylation is 1. The van der Waals surface area contributed by atoms with E-state index in [9.17, 15) is 9.90 Å². The number of carbonyl (C=O) groups is 1. The maximum Gasteiger partial charge on any atom is 0.315 e. The van der Waals surface area contributed by atoms with Gasteiger partial charge in [0.15, 0.2) is 0 Å². The van der Waals surface area contributed by atoms with Crippen LogP contribution in [0.15, 0.2) is 24.3 Å². The number of fused-ring (bicyclic) bond motifs is 1. The molecule has 2 rings (SSSR count). The molecule has 0 heterocycles. The maximum atomic E-state index is 11.9. The van der Waals surface area contributed by atoms with Crippen molar-refractivity contribution in [2.45, 2.75) is 51.6 Å². The molecule has 1 aromatic rings. The van der Waals surface area contributed by atoms with Crippen molar-refractivity contribution in [3.8, 4) is 0 Å². The molecule has 1 aliphatic rings. The largest absolute Gasteiger partial charge is 0.396 e. The lowest BCUT2D eigenvalue weighted by Crippen LogP contribution is -2.48. The van der Waals surface area contributed by atoms with Gasteiger partial charge in [0.05, 0.1) is 0 Å². The third-order valence-electron chi connectivity index (χ3n) is 4.32. The Hall–Kier alpha value is -1.59. The number of hydrogen-bond acceptors (Lipinski definition) is 3. The second-order valence-electron chi connectivity index (χ2n) is 7.50. The Balaban J connectivity index is 1.91. The van der Waals surface area contributed by atoms with Crippen molar-refractivity contribution < 1.29 is 9.90 Å². The van der Waals surface area contributed by atoms with Gasteiger partial charge >= 0.3 is 6.03 Å². The summed E-state index contributed by atoms with van der Waals surface area (Å²) in [5.41, 5.74) is 2.59. The third-order valence-corrected chi connectivity index (χ3v) is 4.32. The molecule has 1 unspecified atom stereocenters. The first-order valence-corrected chi connectivity index (χ1v) is 8.89. The van der Waals surface area contributed by atoms with Gasteiger partial charge in [0.1, 0.15) is 0 Å². The van der Waals surface area contributed by atoms with Crippen LogP contribution in [0.3, 0.4) is 0 Å². The van der Waals surface area contributed by atoms with Crippen LogP contribution in [-0.4, -0.2) is 47.8 Å². The van der Waals surface area contributed by atoms with Gasteiger partial charge < -0.3 is 15.7 Å². The number of urea groups is 1. The zero-order valence-corrected chi connectivity index (χ0v) is 15.1. The first-order chi connectivity index (χ1) is 11.4. The average molecular weight is 333 g/mol. The van der Waals surface area contributed by atoms with Gasteiger partial charge in [-0.2, -0.15) is 0 Å². The number of benzene rings is 1. The second kappa shape index (κ2) is 8.49. The lowest BCUT2D eigenvalue weighted by molar-refractivity contribution is 0.173. The smallest absolute Gasteiger partial charge is 0.315 e. The lowest BCUT2D eigenvalue weighted by atomic mass is 10.1. The van der Waals surface area contributed by atoms with Crippen molar-refractivity contribution in [2.24, 2.45) is 0 Å². The summed E-state index contributed by atoms with van der Waals surface area (Å²) in [6.07, 6.45) is 2.97. The SMILES string of the molecule is CC(C)(C)NC(=O)NCCN(CCCO)C1CCc2ccccc21. The van der Waals surface area contributed by atoms with Crippen molar-refractivity contribution >= 4 is 6.03 Å². The minimum Gasteiger partial charge on any atom is -0.396 e. The van der Waals surface area contributed by atoms with E-state index in [-0.39, 0.29) is 18.2 Å². The molecule has 0 aliphatic heterocycles. The molecule has 0 saturated heterocycles. The number of hydrogen-bond donors (Lipinski definition) is 3. The molecular weight excluding hydrogens is 302 g/mol. The summed E-state index contributed by atoms with van der Waals surface area (Å²) in [4.78, 5) is 14.3. The molecule has 1 aromatic carbocycles. The van der Waals surface area contributed by atoms with Crippen LogP contribution in [0.5, 0.6) is 0 Å². The predicted molar refractivity (Wildman–Crippen MR) is 97.1 cm³/mol. The number of nitrogens with one attached hydrogen (secondary N) is 2. The van der Waals surface area contributed by atoms with Crippen LogP contribution in [0.2, 0.25) is 0 Å². The molecule has 134 valence electrons. The molecule has 5 heteroatoms. The molecule has 0 aromatic heterocycles. The van der Waals surface area contributed by atoms with E-state index in [1.54, 1.807) is 0 Å². The number of aliphatic hydroxyl groups is 1. The van der Waals surface area contributed by atoms with Crippen LogP contribution >= 0.6 is 0 Å². The van der Waals surface area contributed by atoms with E-state index < -0.39 is 0 Å². The summed E-state index contributed by atoms with van der Waals surface area (Å²) < 4.78 is 0.